The van der Waals surface area contributed by atoms with Crippen molar-refractivity contribution in [3.05, 3.63) is 28.0 Å². The van der Waals surface area contributed by atoms with Crippen molar-refractivity contribution in [2.45, 2.75) is 20.3 Å². The second-order valence-corrected chi connectivity index (χ2v) is 3.95. The van der Waals surface area contributed by atoms with E-state index in [2.05, 4.69) is 17.1 Å². The van der Waals surface area contributed by atoms with Crippen LogP contribution < -0.4 is 10.7 Å². The van der Waals surface area contributed by atoms with Crippen LogP contribution in [-0.4, -0.2) is 0 Å². The Balaban J connectivity index is 2.77. The summed E-state index contributed by atoms with van der Waals surface area (Å²) in [7, 11) is 0. The third kappa shape index (κ3) is 1.17. The van der Waals surface area contributed by atoms with E-state index in [0.29, 0.717) is 17.0 Å². The molecule has 1 aromatic rings. The third-order valence-corrected chi connectivity index (χ3v) is 3.00. The van der Waals surface area contributed by atoms with Crippen LogP contribution in [0.1, 0.15) is 29.3 Å². The summed E-state index contributed by atoms with van der Waals surface area (Å²) in [6.45, 7) is 3.79. The molecule has 0 unspecified atom stereocenters. The molecule has 3 N–H and O–H groups in total. The third-order valence-electron chi connectivity index (χ3n) is 3.00. The number of hydrogen-bond donors (Lipinski definition) is 1. The van der Waals surface area contributed by atoms with Gasteiger partial charge in [-0.2, -0.15) is 10.5 Å². The first kappa shape index (κ1) is 10.2. The Hall–Kier alpha value is -2.33. The van der Waals surface area contributed by atoms with Gasteiger partial charge in [-0.05, 0) is 31.4 Å². The van der Waals surface area contributed by atoms with Crippen molar-refractivity contribution in [2.24, 2.45) is 0 Å². The highest BCUT2D eigenvalue weighted by molar-refractivity contribution is 5.82. The highest BCUT2D eigenvalue weighted by Gasteiger charge is 2.27. The average Bonchev–Trinajstić information content (AvgIpc) is 2.55. The van der Waals surface area contributed by atoms with Crippen molar-refractivity contribution >= 4 is 11.4 Å². The van der Waals surface area contributed by atoms with Gasteiger partial charge in [0.15, 0.2) is 0 Å². The van der Waals surface area contributed by atoms with Gasteiger partial charge in [-0.1, -0.05) is 0 Å². The van der Waals surface area contributed by atoms with Gasteiger partial charge >= 0.3 is 0 Å². The molecule has 0 aromatic carbocycles. The first-order chi connectivity index (χ1) is 7.60. The van der Waals surface area contributed by atoms with Gasteiger partial charge in [0, 0.05) is 5.56 Å². The van der Waals surface area contributed by atoms with E-state index >= 15 is 0 Å². The number of nitrogen functional groups attached to an aromatic ring is 1. The molecule has 0 saturated heterocycles. The van der Waals surface area contributed by atoms with Gasteiger partial charge < -0.3 is 0 Å². The molecule has 0 saturated carbocycles. The Bertz CT molecular complexity index is 597. The quantitative estimate of drug-likeness (QED) is 0.697. The van der Waals surface area contributed by atoms with Gasteiger partial charge in [-0.3, -0.25) is 5.73 Å². The second kappa shape index (κ2) is 3.36. The number of H-pyrrole nitrogens is 1. The Morgan fingerprint density at radius 3 is 2.50 bits per heavy atom. The lowest BCUT2D eigenvalue weighted by Gasteiger charge is -2.04. The summed E-state index contributed by atoms with van der Waals surface area (Å²) in [5.74, 6) is 0.334. The largest absolute Gasteiger partial charge is 0.289 e. The minimum absolute atomic E-state index is 0.334. The number of nitrogens with two attached hydrogens (primary N) is 1. The van der Waals surface area contributed by atoms with Crippen LogP contribution in [-0.2, 0) is 6.42 Å². The summed E-state index contributed by atoms with van der Waals surface area (Å²) in [4.78, 5) is 2.95. The zero-order valence-corrected chi connectivity index (χ0v) is 9.18. The van der Waals surface area contributed by atoms with Crippen molar-refractivity contribution in [3.8, 4) is 12.1 Å². The molecular formula is C12H11N4+. The van der Waals surface area contributed by atoms with E-state index in [1.165, 1.54) is 0 Å². The van der Waals surface area contributed by atoms with Crippen LogP contribution in [0.4, 0.5) is 5.82 Å². The number of nitrogens with zero attached hydrogens (tertiary/aromatic N) is 2. The fraction of sp³-hybridized carbons (Fsp3) is 0.250. The molecule has 1 aliphatic rings. The van der Waals surface area contributed by atoms with Crippen molar-refractivity contribution < 1.29 is 4.98 Å². The van der Waals surface area contributed by atoms with Gasteiger partial charge in [0.2, 0.25) is 0 Å². The predicted octanol–water partition coefficient (Wildman–Crippen LogP) is 1.12. The fourth-order valence-electron chi connectivity index (χ4n) is 2.11. The van der Waals surface area contributed by atoms with E-state index < -0.39 is 0 Å². The average molecular weight is 211 g/mol. The van der Waals surface area contributed by atoms with Gasteiger partial charge in [0.1, 0.15) is 23.4 Å². The van der Waals surface area contributed by atoms with Crippen LogP contribution in [0.5, 0.6) is 0 Å². The number of nitrogens with one attached hydrogen (secondary N) is 1. The van der Waals surface area contributed by atoms with Crippen LogP contribution in [0.2, 0.25) is 0 Å². The minimum Gasteiger partial charge on any atom is -0.286 e. The van der Waals surface area contributed by atoms with Gasteiger partial charge in [0.05, 0.1) is 5.57 Å². The molecule has 0 fully saturated rings. The zero-order valence-electron chi connectivity index (χ0n) is 9.18. The molecule has 1 aromatic heterocycles. The lowest BCUT2D eigenvalue weighted by atomic mass is 10.0. The van der Waals surface area contributed by atoms with Crippen LogP contribution in [0, 0.1) is 29.6 Å². The summed E-state index contributed by atoms with van der Waals surface area (Å²) >= 11 is 0. The van der Waals surface area contributed by atoms with E-state index in [0.717, 1.165) is 28.8 Å². The smallest absolute Gasteiger partial charge is 0.286 e. The first-order valence-electron chi connectivity index (χ1n) is 4.94. The number of anilines is 1. The number of nitriles is 2. The Morgan fingerprint density at radius 1 is 1.25 bits per heavy atom. The molecule has 0 amide bonds. The number of aromatic nitrogens is 1. The maximum atomic E-state index is 9.06. The van der Waals surface area contributed by atoms with Crippen molar-refractivity contribution in [1.29, 1.82) is 10.5 Å². The molecule has 0 radical (unpaired) electrons. The predicted molar refractivity (Wildman–Crippen MR) is 58.8 cm³/mol. The normalized spacial score (nSPS) is 13.2. The van der Waals surface area contributed by atoms with E-state index in [-0.39, 0.29) is 0 Å². The number of fused-ring (bicyclic) bond motifs is 1. The van der Waals surface area contributed by atoms with Gasteiger partial charge in [-0.25, -0.2) is 4.98 Å². The number of rotatable bonds is 0. The molecule has 0 atom stereocenters. The van der Waals surface area contributed by atoms with Crippen molar-refractivity contribution in [3.63, 3.8) is 0 Å². The van der Waals surface area contributed by atoms with E-state index in [1.54, 1.807) is 0 Å². The standard InChI is InChI=1S/C12H10N4/c1-6-3-8-7(2)10(5-14)12(15)16-11(8)9(6)4-13/h3H2,1-2H3,(H2,15,16)/p+1. The Morgan fingerprint density at radius 2 is 1.94 bits per heavy atom. The molecule has 0 aliphatic heterocycles. The maximum absolute atomic E-state index is 9.06. The van der Waals surface area contributed by atoms with Crippen LogP contribution in [0.15, 0.2) is 5.57 Å². The molecule has 4 nitrogen and oxygen atoms in total. The Labute approximate surface area is 93.6 Å². The molecular weight excluding hydrogens is 200 g/mol. The van der Waals surface area contributed by atoms with Crippen molar-refractivity contribution in [1.82, 2.24) is 0 Å². The maximum Gasteiger partial charge on any atom is 0.289 e. The van der Waals surface area contributed by atoms with Crippen LogP contribution in [0.25, 0.3) is 5.57 Å². The molecule has 78 valence electrons. The summed E-state index contributed by atoms with van der Waals surface area (Å²) in [6.07, 6.45) is 0.718. The topological polar surface area (TPSA) is 87.7 Å². The van der Waals surface area contributed by atoms with E-state index in [1.807, 2.05) is 13.8 Å². The first-order valence-corrected chi connectivity index (χ1v) is 4.94. The summed E-state index contributed by atoms with van der Waals surface area (Å²) in [6, 6.07) is 4.25. The lowest BCUT2D eigenvalue weighted by molar-refractivity contribution is -0.364. The lowest BCUT2D eigenvalue weighted by Crippen LogP contribution is -2.20. The fourth-order valence-corrected chi connectivity index (χ4v) is 2.11. The molecule has 1 aliphatic carbocycles. The van der Waals surface area contributed by atoms with Crippen LogP contribution >= 0.6 is 0 Å². The Kier molecular flexibility index (Phi) is 2.14. The summed E-state index contributed by atoms with van der Waals surface area (Å²) in [5.41, 5.74) is 10.6. The number of hydrogen-bond acceptors (Lipinski definition) is 3. The number of aromatic amines is 1. The van der Waals surface area contributed by atoms with Gasteiger partial charge in [0.25, 0.3) is 5.82 Å². The second-order valence-electron chi connectivity index (χ2n) is 3.95. The molecule has 0 bridgehead atoms. The van der Waals surface area contributed by atoms with E-state index in [4.69, 9.17) is 16.3 Å². The molecule has 4 heteroatoms. The van der Waals surface area contributed by atoms with Crippen molar-refractivity contribution in [2.75, 3.05) is 5.73 Å². The minimum atomic E-state index is 0.334. The highest BCUT2D eigenvalue weighted by atomic mass is 14.9. The summed E-state index contributed by atoms with van der Waals surface area (Å²) < 4.78 is 0. The molecule has 2 rings (SSSR count). The molecule has 0 spiro atoms. The SMILES string of the molecule is CC1=C(C#N)c2[nH+]c(N)c(C#N)c(C)c2C1. The number of pyridine rings is 1. The zero-order chi connectivity index (χ0) is 11.9. The number of allylic oxidation sites excluding steroid dienone is 2. The van der Waals surface area contributed by atoms with Gasteiger partial charge in [-0.15, -0.1) is 0 Å². The molecule has 16 heavy (non-hydrogen) atoms. The highest BCUT2D eigenvalue weighted by Crippen LogP contribution is 2.33. The molecule has 1 heterocycles. The monoisotopic (exact) mass is 211 g/mol. The summed E-state index contributed by atoms with van der Waals surface area (Å²) in [5, 5.41) is 18.0. The van der Waals surface area contributed by atoms with E-state index in [9.17, 15) is 0 Å². The van der Waals surface area contributed by atoms with Crippen LogP contribution in [0.3, 0.4) is 0 Å².